The van der Waals surface area contributed by atoms with Gasteiger partial charge in [-0.25, -0.2) is 0 Å². The monoisotopic (exact) mass is 598 g/mol. The molecule has 1 aliphatic carbocycles. The highest BCUT2D eigenvalue weighted by atomic mass is 16.5. The normalized spacial score (nSPS) is 13.0. The molecular formula is C46H30O. The topological polar surface area (TPSA) is 9.23 Å². The average Bonchev–Trinajstić information content (AvgIpc) is 3.14. The van der Waals surface area contributed by atoms with Crippen molar-refractivity contribution in [2.24, 2.45) is 0 Å². The Kier molecular flexibility index (Phi) is 5.77. The van der Waals surface area contributed by atoms with Gasteiger partial charge in [-0.1, -0.05) is 146 Å². The predicted molar refractivity (Wildman–Crippen MR) is 198 cm³/mol. The van der Waals surface area contributed by atoms with E-state index in [0.29, 0.717) is 0 Å². The summed E-state index contributed by atoms with van der Waals surface area (Å²) in [5.74, 6) is 1.85. The molecule has 0 fully saturated rings. The number of para-hydroxylation sites is 1. The lowest BCUT2D eigenvalue weighted by Crippen LogP contribution is -2.02. The second-order valence-corrected chi connectivity index (χ2v) is 12.6. The number of hydrogen-bond acceptors (Lipinski definition) is 1. The van der Waals surface area contributed by atoms with Gasteiger partial charge in [0.25, 0.3) is 0 Å². The first kappa shape index (κ1) is 26.3. The van der Waals surface area contributed by atoms with Crippen molar-refractivity contribution >= 4 is 38.4 Å². The minimum atomic E-state index is 0.919. The Balaban J connectivity index is 1.25. The molecule has 1 heteroatoms. The molecule has 0 saturated heterocycles. The molecule has 0 radical (unpaired) electrons. The van der Waals surface area contributed by atoms with E-state index in [1.807, 2.05) is 6.07 Å². The first-order valence-corrected chi connectivity index (χ1v) is 16.5. The van der Waals surface area contributed by atoms with Crippen molar-refractivity contribution in [1.82, 2.24) is 0 Å². The molecule has 0 unspecified atom stereocenters. The number of rotatable bonds is 3. The molecular weight excluding hydrogens is 569 g/mol. The molecule has 1 aliphatic heterocycles. The number of fused-ring (bicyclic) bond motifs is 5. The van der Waals surface area contributed by atoms with Crippen molar-refractivity contribution in [3.05, 3.63) is 163 Å². The highest BCUT2D eigenvalue weighted by Gasteiger charge is 2.25. The first-order valence-electron chi connectivity index (χ1n) is 16.5. The molecule has 1 nitrogen and oxygen atoms in total. The highest BCUT2D eigenvalue weighted by molar-refractivity contribution is 6.22. The van der Waals surface area contributed by atoms with Gasteiger partial charge in [0.05, 0.1) is 0 Å². The van der Waals surface area contributed by atoms with Crippen LogP contribution in [0.1, 0.15) is 17.5 Å². The van der Waals surface area contributed by atoms with Crippen molar-refractivity contribution in [2.75, 3.05) is 0 Å². The molecule has 0 aromatic heterocycles. The van der Waals surface area contributed by atoms with Gasteiger partial charge < -0.3 is 4.74 Å². The van der Waals surface area contributed by atoms with Gasteiger partial charge in [0.1, 0.15) is 11.5 Å². The summed E-state index contributed by atoms with van der Waals surface area (Å²) in [7, 11) is 0. The third-order valence-electron chi connectivity index (χ3n) is 10.2. The Morgan fingerprint density at radius 2 is 1.02 bits per heavy atom. The molecule has 1 heterocycles. The van der Waals surface area contributed by atoms with Gasteiger partial charge >= 0.3 is 0 Å². The molecule has 8 aromatic carbocycles. The average molecular weight is 599 g/mol. The van der Waals surface area contributed by atoms with Crippen LogP contribution >= 0.6 is 0 Å². The quantitative estimate of drug-likeness (QED) is 0.184. The van der Waals surface area contributed by atoms with Crippen LogP contribution in [0.3, 0.4) is 0 Å². The molecule has 220 valence electrons. The molecule has 0 saturated carbocycles. The van der Waals surface area contributed by atoms with Crippen molar-refractivity contribution in [3.8, 4) is 56.0 Å². The lowest BCUT2D eigenvalue weighted by molar-refractivity contribution is 0.487. The lowest BCUT2D eigenvalue weighted by Gasteiger charge is -2.25. The fraction of sp³-hybridized carbons (Fsp3) is 0.0435. The zero-order valence-corrected chi connectivity index (χ0v) is 25.8. The van der Waals surface area contributed by atoms with Gasteiger partial charge in [-0.3, -0.25) is 0 Å². The van der Waals surface area contributed by atoms with Gasteiger partial charge in [-0.15, -0.1) is 0 Å². The van der Waals surface area contributed by atoms with Gasteiger partial charge in [0, 0.05) is 10.9 Å². The Bertz CT molecular complexity index is 2530. The lowest BCUT2D eigenvalue weighted by atomic mass is 9.80. The number of ether oxygens (including phenoxy) is 1. The molecule has 0 bridgehead atoms. The maximum absolute atomic E-state index is 6.44. The summed E-state index contributed by atoms with van der Waals surface area (Å²) in [4.78, 5) is 0. The van der Waals surface area contributed by atoms with Crippen LogP contribution in [0.15, 0.2) is 152 Å². The maximum Gasteiger partial charge on any atom is 0.135 e. The summed E-state index contributed by atoms with van der Waals surface area (Å²) in [5, 5.41) is 7.60. The van der Waals surface area contributed by atoms with Crippen LogP contribution in [0.25, 0.3) is 82.9 Å². The standard InChI is InChI=1S/C46H30O/c1-2-13-29(14-3-1)44-37-18-6-8-20-39(37)45(40-21-9-7-19-38(40)44)41-26-25-32(30-15-4-5-16-31(30)41)33-27-28-43-46-35(33)22-12-23-36(46)34-17-10-11-24-42(34)47-43/h1-4,6-15,17-28H,5,16H2. The summed E-state index contributed by atoms with van der Waals surface area (Å²) in [6.07, 6.45) is 6.75. The van der Waals surface area contributed by atoms with Crippen LogP contribution in [0.2, 0.25) is 0 Å². The van der Waals surface area contributed by atoms with Crippen LogP contribution in [0, 0.1) is 0 Å². The van der Waals surface area contributed by atoms with E-state index >= 15 is 0 Å². The summed E-state index contributed by atoms with van der Waals surface area (Å²) in [6.45, 7) is 0. The van der Waals surface area contributed by atoms with Crippen LogP contribution in [-0.2, 0) is 6.42 Å². The smallest absolute Gasteiger partial charge is 0.135 e. The van der Waals surface area contributed by atoms with E-state index < -0.39 is 0 Å². The fourth-order valence-corrected chi connectivity index (χ4v) is 8.17. The summed E-state index contributed by atoms with van der Waals surface area (Å²) >= 11 is 0. The Morgan fingerprint density at radius 3 is 1.81 bits per heavy atom. The Labute approximate surface area is 274 Å². The van der Waals surface area contributed by atoms with Crippen LogP contribution in [-0.4, -0.2) is 0 Å². The Hall–Kier alpha value is -5.92. The van der Waals surface area contributed by atoms with Crippen LogP contribution in [0.5, 0.6) is 11.5 Å². The Morgan fingerprint density at radius 1 is 0.404 bits per heavy atom. The van der Waals surface area contributed by atoms with Crippen molar-refractivity contribution in [3.63, 3.8) is 0 Å². The molecule has 0 N–H and O–H groups in total. The molecule has 2 aliphatic rings. The second kappa shape index (κ2) is 10.3. The summed E-state index contributed by atoms with van der Waals surface area (Å²) < 4.78 is 6.44. The van der Waals surface area contributed by atoms with Gasteiger partial charge in [-0.2, -0.15) is 0 Å². The van der Waals surface area contributed by atoms with Gasteiger partial charge in [0.15, 0.2) is 0 Å². The summed E-state index contributed by atoms with van der Waals surface area (Å²) in [6, 6.07) is 53.0. The largest absolute Gasteiger partial charge is 0.456 e. The van der Waals surface area contributed by atoms with E-state index in [9.17, 15) is 0 Å². The van der Waals surface area contributed by atoms with Gasteiger partial charge in [-0.05, 0) is 102 Å². The highest BCUT2D eigenvalue weighted by Crippen LogP contribution is 2.51. The van der Waals surface area contributed by atoms with E-state index in [0.717, 1.165) is 29.9 Å². The van der Waals surface area contributed by atoms with E-state index in [2.05, 4.69) is 152 Å². The fourth-order valence-electron chi connectivity index (χ4n) is 8.17. The third kappa shape index (κ3) is 3.90. The second-order valence-electron chi connectivity index (χ2n) is 12.6. The molecule has 8 aromatic rings. The summed E-state index contributed by atoms with van der Waals surface area (Å²) in [5.41, 5.74) is 12.9. The number of hydrogen-bond donors (Lipinski definition) is 0. The molecule has 0 atom stereocenters. The zero-order valence-electron chi connectivity index (χ0n) is 25.8. The molecule has 47 heavy (non-hydrogen) atoms. The van der Waals surface area contributed by atoms with Crippen molar-refractivity contribution in [2.45, 2.75) is 12.8 Å². The molecule has 0 amide bonds. The number of allylic oxidation sites excluding steroid dienone is 1. The van der Waals surface area contributed by atoms with E-state index in [1.54, 1.807) is 0 Å². The minimum Gasteiger partial charge on any atom is -0.456 e. The van der Waals surface area contributed by atoms with E-state index in [1.165, 1.54) is 82.4 Å². The minimum absolute atomic E-state index is 0.919. The van der Waals surface area contributed by atoms with E-state index in [4.69, 9.17) is 4.74 Å². The van der Waals surface area contributed by atoms with Crippen molar-refractivity contribution < 1.29 is 4.74 Å². The van der Waals surface area contributed by atoms with Crippen LogP contribution < -0.4 is 4.74 Å². The van der Waals surface area contributed by atoms with Crippen LogP contribution in [0.4, 0.5) is 0 Å². The zero-order chi connectivity index (χ0) is 30.9. The van der Waals surface area contributed by atoms with E-state index in [-0.39, 0.29) is 0 Å². The molecule has 0 spiro atoms. The number of benzene rings is 8. The SMILES string of the molecule is C1=Cc2c(-c3ccc4c5c(cccc35)-c3ccccc3O4)ccc(-c3c4ccccc4c(-c4ccccc4)c4ccccc34)c2CC1. The van der Waals surface area contributed by atoms with Gasteiger partial charge in [0.2, 0.25) is 0 Å². The molecule has 10 rings (SSSR count). The predicted octanol–water partition coefficient (Wildman–Crippen LogP) is 12.9. The van der Waals surface area contributed by atoms with Crippen molar-refractivity contribution in [1.29, 1.82) is 0 Å². The first-order chi connectivity index (χ1) is 23.3. The maximum atomic E-state index is 6.44. The third-order valence-corrected chi connectivity index (χ3v) is 10.2.